The Kier molecular flexibility index (Phi) is 9.06. The van der Waals surface area contributed by atoms with Crippen LogP contribution in [0.15, 0.2) is 36.4 Å². The maximum atomic E-state index is 9.47. The van der Waals surface area contributed by atoms with E-state index < -0.39 is 0 Å². The standard InChI is InChI=1S/C26H33BN2O4/c1-7-25(3,4)17-30-23-11-9-21(13-19(23)15-28)32-27-33-22-10-12-24(20(14-22)16-29)31-18-26(5,6)8-2/h9-14,27H,7-8,17-18H2,1-6H3. The molecule has 0 amide bonds. The van der Waals surface area contributed by atoms with Gasteiger partial charge in [0.05, 0.1) is 24.3 Å². The third-order valence-corrected chi connectivity index (χ3v) is 5.75. The van der Waals surface area contributed by atoms with Crippen LogP contribution >= 0.6 is 0 Å². The van der Waals surface area contributed by atoms with Gasteiger partial charge in [-0.25, -0.2) is 0 Å². The van der Waals surface area contributed by atoms with Crippen LogP contribution < -0.4 is 18.8 Å². The topological polar surface area (TPSA) is 84.5 Å². The third kappa shape index (κ3) is 7.95. The summed E-state index contributed by atoms with van der Waals surface area (Å²) in [5.74, 6) is 2.06. The maximum Gasteiger partial charge on any atom is 0.576 e. The van der Waals surface area contributed by atoms with Crippen molar-refractivity contribution < 1.29 is 18.8 Å². The monoisotopic (exact) mass is 448 g/mol. The Balaban J connectivity index is 1.97. The van der Waals surface area contributed by atoms with E-state index in [9.17, 15) is 10.5 Å². The fourth-order valence-corrected chi connectivity index (χ4v) is 2.54. The van der Waals surface area contributed by atoms with Gasteiger partial charge in [-0.1, -0.05) is 41.5 Å². The zero-order chi connectivity index (χ0) is 24.5. The highest BCUT2D eigenvalue weighted by Gasteiger charge is 2.18. The zero-order valence-electron chi connectivity index (χ0n) is 20.5. The smallest absolute Gasteiger partial charge is 0.528 e. The quantitative estimate of drug-likeness (QED) is 0.383. The first-order chi connectivity index (χ1) is 15.6. The first-order valence-corrected chi connectivity index (χ1v) is 11.2. The Morgan fingerprint density at radius 3 is 1.45 bits per heavy atom. The Labute approximate surface area is 198 Å². The van der Waals surface area contributed by atoms with Gasteiger partial charge in [0, 0.05) is 0 Å². The summed E-state index contributed by atoms with van der Waals surface area (Å²) in [6.07, 6.45) is 1.95. The number of hydrogen-bond acceptors (Lipinski definition) is 6. The fraction of sp³-hybridized carbons (Fsp3) is 0.462. The van der Waals surface area contributed by atoms with Crippen LogP contribution in [-0.4, -0.2) is 20.9 Å². The number of rotatable bonds is 12. The largest absolute Gasteiger partial charge is 0.576 e. The van der Waals surface area contributed by atoms with Gasteiger partial charge in [0.2, 0.25) is 0 Å². The van der Waals surface area contributed by atoms with E-state index in [4.69, 9.17) is 18.8 Å². The highest BCUT2D eigenvalue weighted by Crippen LogP contribution is 2.29. The molecule has 0 aliphatic carbocycles. The summed E-state index contributed by atoms with van der Waals surface area (Å²) in [6, 6.07) is 14.5. The highest BCUT2D eigenvalue weighted by molar-refractivity contribution is 6.20. The molecule has 0 heterocycles. The van der Waals surface area contributed by atoms with Crippen molar-refractivity contribution in [2.24, 2.45) is 10.8 Å². The van der Waals surface area contributed by atoms with Gasteiger partial charge in [-0.05, 0) is 60.1 Å². The molecule has 0 fully saturated rings. The van der Waals surface area contributed by atoms with E-state index in [1.807, 2.05) is 0 Å². The molecular weight excluding hydrogens is 415 g/mol. The minimum Gasteiger partial charge on any atom is -0.528 e. The predicted octanol–water partition coefficient (Wildman–Crippen LogP) is 5.78. The van der Waals surface area contributed by atoms with Crippen LogP contribution in [0.3, 0.4) is 0 Å². The molecule has 0 saturated carbocycles. The molecule has 2 rings (SSSR count). The van der Waals surface area contributed by atoms with Crippen LogP contribution in [-0.2, 0) is 0 Å². The summed E-state index contributed by atoms with van der Waals surface area (Å²) in [7, 11) is -0.0676. The molecule has 0 radical (unpaired) electrons. The average molecular weight is 448 g/mol. The van der Waals surface area contributed by atoms with Crippen molar-refractivity contribution in [2.75, 3.05) is 13.2 Å². The van der Waals surface area contributed by atoms with Crippen LogP contribution in [0.25, 0.3) is 0 Å². The second-order valence-corrected chi connectivity index (χ2v) is 9.56. The molecule has 0 atom stereocenters. The molecule has 174 valence electrons. The average Bonchev–Trinajstić information content (AvgIpc) is 2.82. The van der Waals surface area contributed by atoms with E-state index in [1.165, 1.54) is 0 Å². The van der Waals surface area contributed by atoms with Crippen molar-refractivity contribution in [2.45, 2.75) is 54.4 Å². The number of nitrogens with zero attached hydrogens (tertiary/aromatic N) is 2. The lowest BCUT2D eigenvalue weighted by Gasteiger charge is -2.23. The van der Waals surface area contributed by atoms with Crippen molar-refractivity contribution in [3.8, 4) is 35.1 Å². The molecule has 0 aliphatic heterocycles. The number of benzene rings is 2. The van der Waals surface area contributed by atoms with Crippen LogP contribution in [0.1, 0.15) is 65.5 Å². The molecule has 0 aliphatic rings. The molecule has 0 N–H and O–H groups in total. The van der Waals surface area contributed by atoms with Gasteiger partial charge in [-0.3, -0.25) is 0 Å². The molecule has 2 aromatic rings. The summed E-state index contributed by atoms with van der Waals surface area (Å²) in [5, 5.41) is 18.9. The number of ether oxygens (including phenoxy) is 2. The normalized spacial score (nSPS) is 11.2. The minimum absolute atomic E-state index is 0.0326. The minimum atomic E-state index is -0.0676. The van der Waals surface area contributed by atoms with Crippen LogP contribution in [0.2, 0.25) is 0 Å². The Morgan fingerprint density at radius 1 is 0.727 bits per heavy atom. The third-order valence-electron chi connectivity index (χ3n) is 5.75. The van der Waals surface area contributed by atoms with E-state index in [0.717, 1.165) is 12.8 Å². The summed E-state index contributed by atoms with van der Waals surface area (Å²) in [5.41, 5.74) is 0.876. The summed E-state index contributed by atoms with van der Waals surface area (Å²) < 4.78 is 23.0. The highest BCUT2D eigenvalue weighted by atomic mass is 16.6. The summed E-state index contributed by atoms with van der Waals surface area (Å²) in [6.45, 7) is 13.8. The molecule has 0 bridgehead atoms. The van der Waals surface area contributed by atoms with E-state index in [0.29, 0.717) is 47.3 Å². The summed E-state index contributed by atoms with van der Waals surface area (Å²) in [4.78, 5) is 0. The molecule has 33 heavy (non-hydrogen) atoms. The zero-order valence-corrected chi connectivity index (χ0v) is 20.5. The fourth-order valence-electron chi connectivity index (χ4n) is 2.54. The number of hydrogen-bond donors (Lipinski definition) is 0. The lowest BCUT2D eigenvalue weighted by Crippen LogP contribution is -2.20. The number of nitriles is 2. The van der Waals surface area contributed by atoms with Crippen molar-refractivity contribution in [1.82, 2.24) is 0 Å². The first-order valence-electron chi connectivity index (χ1n) is 11.2. The van der Waals surface area contributed by atoms with Gasteiger partial charge in [0.15, 0.2) is 0 Å². The van der Waals surface area contributed by atoms with Gasteiger partial charge in [0.25, 0.3) is 0 Å². The van der Waals surface area contributed by atoms with E-state index in [-0.39, 0.29) is 18.5 Å². The Hall–Kier alpha value is -3.32. The van der Waals surface area contributed by atoms with E-state index in [2.05, 4.69) is 53.7 Å². The second kappa shape index (κ2) is 11.5. The Morgan fingerprint density at radius 2 is 1.12 bits per heavy atom. The lowest BCUT2D eigenvalue weighted by molar-refractivity contribution is 0.175. The van der Waals surface area contributed by atoms with Crippen molar-refractivity contribution in [3.63, 3.8) is 0 Å². The molecule has 7 heteroatoms. The van der Waals surface area contributed by atoms with Crippen LogP contribution in [0, 0.1) is 33.5 Å². The van der Waals surface area contributed by atoms with Gasteiger partial charge >= 0.3 is 7.69 Å². The van der Waals surface area contributed by atoms with Crippen LogP contribution in [0.5, 0.6) is 23.0 Å². The van der Waals surface area contributed by atoms with Crippen molar-refractivity contribution in [1.29, 1.82) is 10.5 Å². The van der Waals surface area contributed by atoms with E-state index >= 15 is 0 Å². The molecule has 0 aromatic heterocycles. The first kappa shape index (κ1) is 25.9. The van der Waals surface area contributed by atoms with Crippen LogP contribution in [0.4, 0.5) is 0 Å². The molecule has 0 saturated heterocycles. The van der Waals surface area contributed by atoms with Gasteiger partial charge < -0.3 is 18.8 Å². The second-order valence-electron chi connectivity index (χ2n) is 9.56. The lowest BCUT2D eigenvalue weighted by atomic mass is 9.92. The van der Waals surface area contributed by atoms with Gasteiger partial charge in [-0.2, -0.15) is 10.5 Å². The summed E-state index contributed by atoms with van der Waals surface area (Å²) >= 11 is 0. The van der Waals surface area contributed by atoms with Gasteiger partial charge in [-0.15, -0.1) is 0 Å². The predicted molar refractivity (Wildman–Crippen MR) is 130 cm³/mol. The van der Waals surface area contributed by atoms with Crippen molar-refractivity contribution >= 4 is 7.69 Å². The van der Waals surface area contributed by atoms with Crippen molar-refractivity contribution in [3.05, 3.63) is 47.5 Å². The molecule has 0 unspecified atom stereocenters. The molecular formula is C26H33BN2O4. The maximum absolute atomic E-state index is 9.47. The molecule has 0 spiro atoms. The molecule has 6 nitrogen and oxygen atoms in total. The Bertz CT molecular complexity index is 940. The SMILES string of the molecule is CCC(C)(C)COc1ccc(OBOc2ccc(OCC(C)(C)CC)c(C#N)c2)cc1C#N. The van der Waals surface area contributed by atoms with E-state index in [1.54, 1.807) is 36.4 Å². The molecule has 2 aromatic carbocycles. The van der Waals surface area contributed by atoms with Gasteiger partial charge in [0.1, 0.15) is 35.1 Å².